The average molecular weight is 200 g/mol. The van der Waals surface area contributed by atoms with E-state index in [0.717, 1.165) is 6.42 Å². The molecule has 2 heteroatoms. The Hall–Kier alpha value is -1.54. The first-order chi connectivity index (χ1) is 7.25. The third kappa shape index (κ3) is 2.48. The van der Waals surface area contributed by atoms with E-state index in [2.05, 4.69) is 41.4 Å². The molecule has 15 heavy (non-hydrogen) atoms. The van der Waals surface area contributed by atoms with Crippen molar-refractivity contribution in [3.8, 4) is 0 Å². The first kappa shape index (κ1) is 9.99. The van der Waals surface area contributed by atoms with Gasteiger partial charge in [-0.3, -0.25) is 0 Å². The van der Waals surface area contributed by atoms with E-state index in [0.29, 0.717) is 0 Å². The summed E-state index contributed by atoms with van der Waals surface area (Å²) >= 11 is 0. The Labute approximate surface area is 89.8 Å². The number of rotatable bonds is 3. The van der Waals surface area contributed by atoms with E-state index in [-0.39, 0.29) is 6.04 Å². The molecule has 1 heterocycles. The standard InChI is InChI=1S/C13H16N2/c1-10(14)3-2-4-11-5-6-12-7-8-15-13(12)9-11/h2,4-10,15H,3,14H2,1H3. The van der Waals surface area contributed by atoms with Crippen LogP contribution in [0, 0.1) is 0 Å². The maximum Gasteiger partial charge on any atom is 0.0459 e. The minimum Gasteiger partial charge on any atom is -0.361 e. The van der Waals surface area contributed by atoms with Crippen molar-refractivity contribution < 1.29 is 0 Å². The van der Waals surface area contributed by atoms with Crippen molar-refractivity contribution in [1.29, 1.82) is 0 Å². The van der Waals surface area contributed by atoms with Gasteiger partial charge in [0.25, 0.3) is 0 Å². The van der Waals surface area contributed by atoms with Gasteiger partial charge < -0.3 is 10.7 Å². The topological polar surface area (TPSA) is 41.8 Å². The second-order valence-electron chi connectivity index (χ2n) is 3.94. The van der Waals surface area contributed by atoms with Gasteiger partial charge in [0.15, 0.2) is 0 Å². The zero-order chi connectivity index (χ0) is 10.7. The number of aromatic nitrogens is 1. The molecule has 2 rings (SSSR count). The highest BCUT2D eigenvalue weighted by Gasteiger charge is 1.94. The minimum absolute atomic E-state index is 0.232. The van der Waals surface area contributed by atoms with Crippen molar-refractivity contribution in [3.63, 3.8) is 0 Å². The number of hydrogen-bond donors (Lipinski definition) is 2. The summed E-state index contributed by atoms with van der Waals surface area (Å²) in [7, 11) is 0. The molecule has 1 aromatic carbocycles. The number of hydrogen-bond acceptors (Lipinski definition) is 1. The van der Waals surface area contributed by atoms with Gasteiger partial charge in [-0.2, -0.15) is 0 Å². The lowest BCUT2D eigenvalue weighted by molar-refractivity contribution is 0.759. The third-order valence-corrected chi connectivity index (χ3v) is 2.40. The molecule has 2 nitrogen and oxygen atoms in total. The van der Waals surface area contributed by atoms with Crippen LogP contribution in [0.25, 0.3) is 17.0 Å². The molecule has 0 fully saturated rings. The number of H-pyrrole nitrogens is 1. The maximum absolute atomic E-state index is 5.67. The van der Waals surface area contributed by atoms with Crippen LogP contribution in [0.1, 0.15) is 18.9 Å². The molecule has 2 aromatic rings. The lowest BCUT2D eigenvalue weighted by Crippen LogP contribution is -2.12. The predicted molar refractivity (Wildman–Crippen MR) is 65.6 cm³/mol. The second-order valence-corrected chi connectivity index (χ2v) is 3.94. The van der Waals surface area contributed by atoms with Gasteiger partial charge in [0.1, 0.15) is 0 Å². The highest BCUT2D eigenvalue weighted by atomic mass is 14.7. The third-order valence-electron chi connectivity index (χ3n) is 2.40. The van der Waals surface area contributed by atoms with E-state index in [9.17, 15) is 0 Å². The van der Waals surface area contributed by atoms with Crippen molar-refractivity contribution >= 4 is 17.0 Å². The number of nitrogens with two attached hydrogens (primary N) is 1. The molecule has 0 saturated heterocycles. The fourth-order valence-corrected chi connectivity index (χ4v) is 1.59. The minimum atomic E-state index is 0.232. The van der Waals surface area contributed by atoms with Crippen molar-refractivity contribution in [2.24, 2.45) is 5.73 Å². The Bertz CT molecular complexity index is 466. The Morgan fingerprint density at radius 1 is 1.40 bits per heavy atom. The van der Waals surface area contributed by atoms with Gasteiger partial charge in [-0.15, -0.1) is 0 Å². The van der Waals surface area contributed by atoms with Gasteiger partial charge in [-0.25, -0.2) is 0 Å². The van der Waals surface area contributed by atoms with Gasteiger partial charge >= 0.3 is 0 Å². The molecule has 0 amide bonds. The number of aromatic amines is 1. The van der Waals surface area contributed by atoms with Crippen LogP contribution in [0.5, 0.6) is 0 Å². The summed E-state index contributed by atoms with van der Waals surface area (Å²) in [5.74, 6) is 0. The normalized spacial score (nSPS) is 13.7. The molecular weight excluding hydrogens is 184 g/mol. The Balaban J connectivity index is 2.17. The van der Waals surface area contributed by atoms with Crippen LogP contribution >= 0.6 is 0 Å². The zero-order valence-corrected chi connectivity index (χ0v) is 8.90. The van der Waals surface area contributed by atoms with Crippen LogP contribution in [0.15, 0.2) is 36.5 Å². The highest BCUT2D eigenvalue weighted by molar-refractivity contribution is 5.81. The molecule has 3 N–H and O–H groups in total. The highest BCUT2D eigenvalue weighted by Crippen LogP contribution is 2.15. The summed E-state index contributed by atoms with van der Waals surface area (Å²) in [6.07, 6.45) is 7.11. The summed E-state index contributed by atoms with van der Waals surface area (Å²) in [6, 6.07) is 8.69. The number of fused-ring (bicyclic) bond motifs is 1. The average Bonchev–Trinajstić information content (AvgIpc) is 2.64. The summed E-state index contributed by atoms with van der Waals surface area (Å²) < 4.78 is 0. The fraction of sp³-hybridized carbons (Fsp3) is 0.231. The molecule has 0 aliphatic rings. The second kappa shape index (κ2) is 4.32. The maximum atomic E-state index is 5.67. The van der Waals surface area contributed by atoms with E-state index in [1.807, 2.05) is 13.1 Å². The van der Waals surface area contributed by atoms with Crippen molar-refractivity contribution in [2.45, 2.75) is 19.4 Å². The van der Waals surface area contributed by atoms with Crippen molar-refractivity contribution in [1.82, 2.24) is 4.98 Å². The zero-order valence-electron chi connectivity index (χ0n) is 8.90. The quantitative estimate of drug-likeness (QED) is 0.786. The Morgan fingerprint density at radius 2 is 2.27 bits per heavy atom. The predicted octanol–water partition coefficient (Wildman–Crippen LogP) is 2.92. The Kier molecular flexibility index (Phi) is 2.88. The van der Waals surface area contributed by atoms with Gasteiger partial charge in [0.05, 0.1) is 0 Å². The largest absolute Gasteiger partial charge is 0.361 e. The van der Waals surface area contributed by atoms with Crippen LogP contribution in [-0.2, 0) is 0 Å². The van der Waals surface area contributed by atoms with Crippen LogP contribution in [0.3, 0.4) is 0 Å². The molecular formula is C13H16N2. The smallest absolute Gasteiger partial charge is 0.0459 e. The first-order valence-electron chi connectivity index (χ1n) is 5.25. The fourth-order valence-electron chi connectivity index (χ4n) is 1.59. The molecule has 0 aliphatic carbocycles. The van der Waals surface area contributed by atoms with E-state index in [4.69, 9.17) is 5.73 Å². The number of nitrogens with one attached hydrogen (secondary N) is 1. The van der Waals surface area contributed by atoms with Crippen LogP contribution in [-0.4, -0.2) is 11.0 Å². The van der Waals surface area contributed by atoms with Gasteiger partial charge in [-0.1, -0.05) is 24.3 Å². The molecule has 1 aromatic heterocycles. The van der Waals surface area contributed by atoms with E-state index in [1.165, 1.54) is 16.5 Å². The van der Waals surface area contributed by atoms with Gasteiger partial charge in [0, 0.05) is 17.8 Å². The number of benzene rings is 1. The summed E-state index contributed by atoms with van der Waals surface area (Å²) in [4.78, 5) is 3.20. The molecule has 1 unspecified atom stereocenters. The molecule has 0 saturated carbocycles. The van der Waals surface area contributed by atoms with E-state index in [1.54, 1.807) is 0 Å². The lowest BCUT2D eigenvalue weighted by Gasteiger charge is -1.98. The summed E-state index contributed by atoms with van der Waals surface area (Å²) in [5, 5.41) is 1.25. The molecule has 0 aliphatic heterocycles. The van der Waals surface area contributed by atoms with E-state index < -0.39 is 0 Å². The summed E-state index contributed by atoms with van der Waals surface area (Å²) in [5.41, 5.74) is 8.07. The lowest BCUT2D eigenvalue weighted by atomic mass is 10.1. The van der Waals surface area contributed by atoms with Crippen LogP contribution in [0.2, 0.25) is 0 Å². The van der Waals surface area contributed by atoms with Gasteiger partial charge in [-0.05, 0) is 36.4 Å². The first-order valence-corrected chi connectivity index (χ1v) is 5.25. The molecule has 78 valence electrons. The monoisotopic (exact) mass is 200 g/mol. The van der Waals surface area contributed by atoms with Crippen LogP contribution in [0.4, 0.5) is 0 Å². The molecule has 0 bridgehead atoms. The molecule has 1 atom stereocenters. The van der Waals surface area contributed by atoms with E-state index >= 15 is 0 Å². The molecule has 0 radical (unpaired) electrons. The SMILES string of the molecule is CC(N)CC=Cc1ccc2cc[nH]c2c1. The summed E-state index contributed by atoms with van der Waals surface area (Å²) in [6.45, 7) is 2.01. The van der Waals surface area contributed by atoms with Crippen LogP contribution < -0.4 is 5.73 Å². The van der Waals surface area contributed by atoms with Crippen molar-refractivity contribution in [2.75, 3.05) is 0 Å². The van der Waals surface area contributed by atoms with Crippen molar-refractivity contribution in [3.05, 3.63) is 42.1 Å². The molecule has 0 spiro atoms. The Morgan fingerprint density at radius 3 is 3.07 bits per heavy atom. The van der Waals surface area contributed by atoms with Gasteiger partial charge in [0.2, 0.25) is 0 Å².